The fraction of sp³-hybridized carbons (Fsp3) is 0.643. The van der Waals surface area contributed by atoms with Crippen LogP contribution in [0.3, 0.4) is 0 Å². The number of ether oxygens (including phenoxy) is 5. The maximum absolute atomic E-state index is 12.6. The molecule has 0 radical (unpaired) electrons. The van der Waals surface area contributed by atoms with Gasteiger partial charge >= 0.3 is 24.1 Å². The number of nitrogens with two attached hydrogens (primary N) is 1. The number of hydrogen-bond donors (Lipinski definition) is 1. The summed E-state index contributed by atoms with van der Waals surface area (Å²) in [5, 5.41) is 0. The number of rotatable bonds is 16. The van der Waals surface area contributed by atoms with Crippen LogP contribution in [0.4, 0.5) is 4.79 Å². The first-order valence-corrected chi connectivity index (χ1v) is 13.3. The van der Waals surface area contributed by atoms with Crippen LogP contribution in [0.15, 0.2) is 18.2 Å². The maximum Gasteiger partial charge on any atom is 0.508 e. The van der Waals surface area contributed by atoms with E-state index in [0.717, 1.165) is 12.8 Å². The van der Waals surface area contributed by atoms with Gasteiger partial charge in [-0.1, -0.05) is 53.5 Å². The Labute approximate surface area is 225 Å². The molecule has 0 aliphatic heterocycles. The van der Waals surface area contributed by atoms with E-state index in [-0.39, 0.29) is 43.0 Å². The lowest BCUT2D eigenvalue weighted by atomic mass is 10.0. The Morgan fingerprint density at radius 2 is 1.37 bits per heavy atom. The van der Waals surface area contributed by atoms with Crippen LogP contribution in [0.25, 0.3) is 0 Å². The van der Waals surface area contributed by atoms with Crippen molar-refractivity contribution >= 4 is 24.1 Å². The molecule has 2 unspecified atom stereocenters. The summed E-state index contributed by atoms with van der Waals surface area (Å²) in [4.78, 5) is 49.0. The van der Waals surface area contributed by atoms with Gasteiger partial charge in [0.2, 0.25) is 0 Å². The summed E-state index contributed by atoms with van der Waals surface area (Å²) >= 11 is 0. The van der Waals surface area contributed by atoms with E-state index in [9.17, 15) is 19.2 Å². The molecule has 38 heavy (non-hydrogen) atoms. The van der Waals surface area contributed by atoms with Crippen molar-refractivity contribution in [1.29, 1.82) is 0 Å². The van der Waals surface area contributed by atoms with E-state index in [1.807, 2.05) is 20.8 Å². The minimum Gasteiger partial charge on any atom is -0.461 e. The zero-order valence-corrected chi connectivity index (χ0v) is 23.4. The Balaban J connectivity index is 2.90. The number of benzene rings is 1. The molecular weight excluding hydrogens is 494 g/mol. The molecule has 0 saturated carbocycles. The quantitative estimate of drug-likeness (QED) is 0.232. The Hall–Kier alpha value is -3.14. The van der Waals surface area contributed by atoms with E-state index in [1.54, 1.807) is 26.8 Å². The van der Waals surface area contributed by atoms with Crippen molar-refractivity contribution < 1.29 is 42.9 Å². The highest BCUT2D eigenvalue weighted by Gasteiger charge is 2.23. The smallest absolute Gasteiger partial charge is 0.461 e. The van der Waals surface area contributed by atoms with Crippen LogP contribution in [0.1, 0.15) is 79.2 Å². The van der Waals surface area contributed by atoms with Gasteiger partial charge in [0.15, 0.2) is 11.5 Å². The van der Waals surface area contributed by atoms with Crippen LogP contribution in [0.2, 0.25) is 0 Å². The second-order valence-electron chi connectivity index (χ2n) is 9.47. The molecule has 0 aliphatic carbocycles. The molecule has 0 aromatic heterocycles. The zero-order chi connectivity index (χ0) is 28.7. The van der Waals surface area contributed by atoms with Crippen LogP contribution < -0.4 is 15.2 Å². The van der Waals surface area contributed by atoms with Crippen molar-refractivity contribution in [3.8, 4) is 11.5 Å². The normalized spacial score (nSPS) is 14.0. The van der Waals surface area contributed by atoms with Crippen LogP contribution in [0, 0.1) is 11.8 Å². The third kappa shape index (κ3) is 11.9. The molecule has 10 heteroatoms. The van der Waals surface area contributed by atoms with Crippen molar-refractivity contribution in [2.24, 2.45) is 17.6 Å². The SMILES string of the molecule is CCCOC(=O)O[C@@H](C)COC(=O)[C@@H](N)Cc1ccc(OC(=O)C(C)CCC)c(OC(=O)C(C)CCC)c1. The summed E-state index contributed by atoms with van der Waals surface area (Å²) in [7, 11) is 0. The van der Waals surface area contributed by atoms with Gasteiger partial charge in [-0.15, -0.1) is 0 Å². The summed E-state index contributed by atoms with van der Waals surface area (Å²) in [5.41, 5.74) is 6.61. The van der Waals surface area contributed by atoms with Gasteiger partial charge in [0.1, 0.15) is 18.8 Å². The molecule has 4 atom stereocenters. The molecule has 214 valence electrons. The highest BCUT2D eigenvalue weighted by atomic mass is 16.7. The Bertz CT molecular complexity index is 918. The third-order valence-electron chi connectivity index (χ3n) is 5.62. The van der Waals surface area contributed by atoms with E-state index in [0.29, 0.717) is 24.8 Å². The second kappa shape index (κ2) is 17.4. The summed E-state index contributed by atoms with van der Waals surface area (Å²) in [6.45, 7) is 11.0. The number of esters is 3. The number of carbonyl (C=O) groups excluding carboxylic acids is 4. The molecule has 0 bridgehead atoms. The van der Waals surface area contributed by atoms with Gasteiger partial charge in [-0.3, -0.25) is 14.4 Å². The number of hydrogen-bond acceptors (Lipinski definition) is 10. The summed E-state index contributed by atoms with van der Waals surface area (Å²) < 4.78 is 26.1. The molecule has 0 spiro atoms. The second-order valence-corrected chi connectivity index (χ2v) is 9.47. The molecule has 10 nitrogen and oxygen atoms in total. The van der Waals surface area contributed by atoms with E-state index in [4.69, 9.17) is 29.4 Å². The van der Waals surface area contributed by atoms with Crippen LogP contribution >= 0.6 is 0 Å². The summed E-state index contributed by atoms with van der Waals surface area (Å²) in [6, 6.07) is 3.67. The molecule has 0 fully saturated rings. The van der Waals surface area contributed by atoms with Gasteiger partial charge in [0.25, 0.3) is 0 Å². The van der Waals surface area contributed by atoms with E-state index in [1.165, 1.54) is 12.1 Å². The topological polar surface area (TPSA) is 140 Å². The lowest BCUT2D eigenvalue weighted by Gasteiger charge is -2.18. The molecular formula is C28H43NO9. The van der Waals surface area contributed by atoms with Gasteiger partial charge in [0, 0.05) is 0 Å². The fourth-order valence-corrected chi connectivity index (χ4v) is 3.42. The minimum atomic E-state index is -1.03. The highest BCUT2D eigenvalue weighted by molar-refractivity contribution is 5.79. The fourth-order valence-electron chi connectivity index (χ4n) is 3.42. The predicted octanol–water partition coefficient (Wildman–Crippen LogP) is 4.73. The van der Waals surface area contributed by atoms with Crippen LogP contribution in [0.5, 0.6) is 11.5 Å². The number of carbonyl (C=O) groups is 4. The minimum absolute atomic E-state index is 0.0716. The molecule has 0 heterocycles. The van der Waals surface area contributed by atoms with Gasteiger partial charge in [0.05, 0.1) is 18.4 Å². The molecule has 1 aromatic carbocycles. The third-order valence-corrected chi connectivity index (χ3v) is 5.62. The molecule has 0 amide bonds. The molecule has 0 aliphatic rings. The first kappa shape index (κ1) is 32.9. The van der Waals surface area contributed by atoms with Gasteiger partial charge in [-0.25, -0.2) is 4.79 Å². The van der Waals surface area contributed by atoms with Crippen LogP contribution in [-0.4, -0.2) is 49.4 Å². The van der Waals surface area contributed by atoms with E-state index in [2.05, 4.69) is 0 Å². The van der Waals surface area contributed by atoms with Crippen molar-refractivity contribution in [1.82, 2.24) is 0 Å². The highest BCUT2D eigenvalue weighted by Crippen LogP contribution is 2.31. The van der Waals surface area contributed by atoms with Gasteiger partial charge < -0.3 is 29.4 Å². The predicted molar refractivity (Wildman–Crippen MR) is 141 cm³/mol. The summed E-state index contributed by atoms with van der Waals surface area (Å²) in [6.07, 6.45) is 2.14. The Morgan fingerprint density at radius 1 is 0.789 bits per heavy atom. The van der Waals surface area contributed by atoms with Gasteiger partial charge in [-0.2, -0.15) is 0 Å². The van der Waals surface area contributed by atoms with Gasteiger partial charge in [-0.05, 0) is 50.3 Å². The maximum atomic E-state index is 12.6. The van der Waals surface area contributed by atoms with E-state index >= 15 is 0 Å². The first-order valence-electron chi connectivity index (χ1n) is 13.3. The first-order chi connectivity index (χ1) is 18.0. The Kier molecular flexibility index (Phi) is 15.0. The van der Waals surface area contributed by atoms with Crippen molar-refractivity contribution in [2.45, 2.75) is 92.2 Å². The molecule has 1 aromatic rings. The van der Waals surface area contributed by atoms with Crippen molar-refractivity contribution in [3.63, 3.8) is 0 Å². The zero-order valence-electron chi connectivity index (χ0n) is 23.4. The van der Waals surface area contributed by atoms with Crippen molar-refractivity contribution in [3.05, 3.63) is 23.8 Å². The lowest BCUT2D eigenvalue weighted by molar-refractivity contribution is -0.148. The average molecular weight is 538 g/mol. The van der Waals surface area contributed by atoms with Crippen LogP contribution in [-0.2, 0) is 35.0 Å². The molecule has 1 rings (SSSR count). The molecule has 0 saturated heterocycles. The molecule has 2 N–H and O–H groups in total. The lowest BCUT2D eigenvalue weighted by Crippen LogP contribution is -2.36. The van der Waals surface area contributed by atoms with E-state index < -0.39 is 36.2 Å². The largest absolute Gasteiger partial charge is 0.508 e. The monoisotopic (exact) mass is 537 g/mol. The Morgan fingerprint density at radius 3 is 1.92 bits per heavy atom. The summed E-state index contributed by atoms with van der Waals surface area (Å²) in [5.74, 6) is -2.01. The average Bonchev–Trinajstić information content (AvgIpc) is 2.87. The standard InChI is InChI=1S/C28H43NO9/c1-7-10-18(4)25(30)37-23-13-12-21(16-24(23)38-26(31)19(5)11-8-2)15-22(29)27(32)35-17-20(6)36-28(33)34-14-9-3/h12-13,16,18-20,22H,7-11,14-15,17,29H2,1-6H3/t18?,19?,20-,22-/m0/s1. The van der Waals surface area contributed by atoms with Crippen molar-refractivity contribution in [2.75, 3.05) is 13.2 Å².